The molecule has 8 heteroatoms. The van der Waals surface area contributed by atoms with Crippen LogP contribution in [0.5, 0.6) is 5.88 Å². The van der Waals surface area contributed by atoms with Crippen LogP contribution in [-0.4, -0.2) is 54.4 Å². The summed E-state index contributed by atoms with van der Waals surface area (Å²) < 4.78 is 49.9. The maximum atomic E-state index is 14.7. The Morgan fingerprint density at radius 3 is 2.05 bits per heavy atom. The molecule has 1 saturated heterocycles. The Hall–Kier alpha value is -3.62. The van der Waals surface area contributed by atoms with Gasteiger partial charge in [0.2, 0.25) is 5.88 Å². The van der Waals surface area contributed by atoms with Crippen molar-refractivity contribution in [3.05, 3.63) is 101 Å². The molecule has 0 unspecified atom stereocenters. The van der Waals surface area contributed by atoms with Crippen LogP contribution in [0.3, 0.4) is 0 Å². The molecule has 4 aromatic rings. The van der Waals surface area contributed by atoms with Crippen LogP contribution < -0.4 is 9.64 Å². The molecule has 0 amide bonds. The number of hydrogen-bond donors (Lipinski definition) is 1. The smallest absolute Gasteiger partial charge is 0.419 e. The molecule has 1 fully saturated rings. The molecule has 1 aliphatic carbocycles. The van der Waals surface area contributed by atoms with Crippen molar-refractivity contribution >= 4 is 16.6 Å². The molecule has 6 rings (SSSR count). The van der Waals surface area contributed by atoms with Crippen LogP contribution in [0.25, 0.3) is 10.9 Å². The number of rotatable bonds is 6. The van der Waals surface area contributed by atoms with Crippen LogP contribution in [0.2, 0.25) is 0 Å². The Morgan fingerprint density at radius 1 is 0.825 bits per heavy atom. The van der Waals surface area contributed by atoms with Gasteiger partial charge >= 0.3 is 6.18 Å². The lowest BCUT2D eigenvalue weighted by Gasteiger charge is -2.42. The van der Waals surface area contributed by atoms with Crippen molar-refractivity contribution < 1.29 is 23.0 Å². The first-order chi connectivity index (χ1) is 19.5. The highest BCUT2D eigenvalue weighted by Gasteiger charge is 2.41. The minimum Gasteiger partial charge on any atom is -0.476 e. The van der Waals surface area contributed by atoms with E-state index in [1.165, 1.54) is 28.3 Å². The van der Waals surface area contributed by atoms with Crippen molar-refractivity contribution in [3.8, 4) is 5.88 Å². The molecule has 0 spiro atoms. The lowest BCUT2D eigenvalue weighted by molar-refractivity contribution is -0.136. The summed E-state index contributed by atoms with van der Waals surface area (Å²) in [6.45, 7) is 1.96. The van der Waals surface area contributed by atoms with E-state index in [0.29, 0.717) is 32.6 Å². The number of nitrogens with zero attached hydrogens (tertiary/aromatic N) is 3. The largest absolute Gasteiger partial charge is 0.476 e. The van der Waals surface area contributed by atoms with E-state index in [2.05, 4.69) is 58.4 Å². The topological polar surface area (TPSA) is 48.8 Å². The molecule has 3 aromatic carbocycles. The molecule has 1 aliphatic heterocycles. The Kier molecular flexibility index (Phi) is 7.38. The first kappa shape index (κ1) is 26.6. The van der Waals surface area contributed by atoms with Gasteiger partial charge in [0.25, 0.3) is 0 Å². The van der Waals surface area contributed by atoms with E-state index in [1.807, 2.05) is 0 Å². The van der Waals surface area contributed by atoms with Gasteiger partial charge in [-0.1, -0.05) is 66.7 Å². The third-order valence-corrected chi connectivity index (χ3v) is 8.02. The molecule has 1 N–H and O–H groups in total. The first-order valence-electron chi connectivity index (χ1n) is 13.8. The van der Waals surface area contributed by atoms with Crippen molar-refractivity contribution in [2.45, 2.75) is 31.5 Å². The van der Waals surface area contributed by atoms with E-state index in [-0.39, 0.29) is 41.7 Å². The minimum absolute atomic E-state index is 0.00884. The van der Waals surface area contributed by atoms with E-state index < -0.39 is 11.7 Å². The van der Waals surface area contributed by atoms with Gasteiger partial charge in [-0.3, -0.25) is 4.90 Å². The van der Waals surface area contributed by atoms with Crippen molar-refractivity contribution in [1.29, 1.82) is 0 Å². The number of alkyl halides is 3. The Bertz CT molecular complexity index is 1450. The fourth-order valence-electron chi connectivity index (χ4n) is 6.18. The van der Waals surface area contributed by atoms with Crippen LogP contribution in [-0.2, 0) is 19.0 Å². The van der Waals surface area contributed by atoms with Gasteiger partial charge in [0.05, 0.1) is 23.7 Å². The Morgan fingerprint density at radius 2 is 1.43 bits per heavy atom. The van der Waals surface area contributed by atoms with E-state index in [9.17, 15) is 18.3 Å². The molecule has 0 bridgehead atoms. The maximum Gasteiger partial charge on any atom is 0.419 e. The molecular formula is C32H32F3N3O2. The summed E-state index contributed by atoms with van der Waals surface area (Å²) >= 11 is 0. The molecule has 208 valence electrons. The maximum absolute atomic E-state index is 14.7. The summed E-state index contributed by atoms with van der Waals surface area (Å²) in [7, 11) is 0. The Labute approximate surface area is 231 Å². The average Bonchev–Trinajstić information content (AvgIpc) is 3.13. The molecule has 40 heavy (non-hydrogen) atoms. The number of aliphatic hydroxyl groups excluding tert-OH is 1. The van der Waals surface area contributed by atoms with Crippen LogP contribution >= 0.6 is 0 Å². The number of benzene rings is 3. The molecule has 1 aromatic heterocycles. The fourth-order valence-corrected chi connectivity index (χ4v) is 6.18. The van der Waals surface area contributed by atoms with E-state index >= 15 is 0 Å². The number of aliphatic hydroxyl groups is 1. The van der Waals surface area contributed by atoms with Crippen LogP contribution in [0.1, 0.15) is 40.3 Å². The molecule has 0 atom stereocenters. The zero-order chi connectivity index (χ0) is 27.7. The number of ether oxygens (including phenoxy) is 1. The summed E-state index contributed by atoms with van der Waals surface area (Å²) in [5.74, 6) is -0.0296. The molecule has 2 aliphatic rings. The second-order valence-corrected chi connectivity index (χ2v) is 10.4. The van der Waals surface area contributed by atoms with Gasteiger partial charge < -0.3 is 14.7 Å². The standard InChI is InChI=1S/C32H32F3N3O2/c33-32(34,35)28-26-12-5-6-13-27(26)36-31(40-21-7-20-39)30(28)38-18-16-37(17-19-38)29-24-10-3-1-8-22(24)14-15-23-9-2-4-11-25(23)29/h1-6,8-13,29,39H,7,14-21H2. The number of anilines is 1. The second kappa shape index (κ2) is 11.1. The highest BCUT2D eigenvalue weighted by Crippen LogP contribution is 2.46. The highest BCUT2D eigenvalue weighted by atomic mass is 19.4. The molecule has 0 radical (unpaired) electrons. The predicted octanol–water partition coefficient (Wildman–Crippen LogP) is 6.03. The lowest BCUT2D eigenvalue weighted by Crippen LogP contribution is -2.48. The first-order valence-corrected chi connectivity index (χ1v) is 13.8. The quantitative estimate of drug-likeness (QED) is 0.299. The number of aromatic nitrogens is 1. The van der Waals surface area contributed by atoms with Gasteiger partial charge in [0, 0.05) is 44.6 Å². The lowest BCUT2D eigenvalue weighted by atomic mass is 9.92. The number of fused-ring (bicyclic) bond motifs is 3. The van der Waals surface area contributed by atoms with Crippen LogP contribution in [0.4, 0.5) is 18.9 Å². The summed E-state index contributed by atoms with van der Waals surface area (Å²) in [6, 6.07) is 23.4. The molecule has 0 saturated carbocycles. The number of para-hydroxylation sites is 1. The summed E-state index contributed by atoms with van der Waals surface area (Å²) in [4.78, 5) is 8.69. The zero-order valence-corrected chi connectivity index (χ0v) is 22.2. The highest BCUT2D eigenvalue weighted by molar-refractivity contribution is 5.90. The second-order valence-electron chi connectivity index (χ2n) is 10.4. The van der Waals surface area contributed by atoms with Crippen molar-refractivity contribution in [3.63, 3.8) is 0 Å². The van der Waals surface area contributed by atoms with E-state index in [4.69, 9.17) is 4.74 Å². The van der Waals surface area contributed by atoms with Crippen molar-refractivity contribution in [1.82, 2.24) is 9.88 Å². The van der Waals surface area contributed by atoms with Gasteiger partial charge in [-0.2, -0.15) is 13.2 Å². The third-order valence-electron chi connectivity index (χ3n) is 8.02. The summed E-state index contributed by atoms with van der Waals surface area (Å²) in [6.07, 6.45) is -2.35. The SMILES string of the molecule is OCCCOc1nc2ccccc2c(C(F)(F)F)c1N1CCN(C2c3ccccc3CCc3ccccc32)CC1. The van der Waals surface area contributed by atoms with E-state index in [1.54, 1.807) is 23.1 Å². The predicted molar refractivity (Wildman–Crippen MR) is 150 cm³/mol. The van der Waals surface area contributed by atoms with Gasteiger partial charge in [0.1, 0.15) is 5.69 Å². The average molecular weight is 548 g/mol. The van der Waals surface area contributed by atoms with Crippen LogP contribution in [0, 0.1) is 0 Å². The van der Waals surface area contributed by atoms with Crippen molar-refractivity contribution in [2.75, 3.05) is 44.3 Å². The number of hydrogen-bond acceptors (Lipinski definition) is 5. The number of halogens is 3. The summed E-state index contributed by atoms with van der Waals surface area (Å²) in [5, 5.41) is 9.30. The molecule has 2 heterocycles. The van der Waals surface area contributed by atoms with Gasteiger partial charge in [-0.05, 0) is 41.2 Å². The normalized spacial score (nSPS) is 16.4. The Balaban J connectivity index is 1.37. The van der Waals surface area contributed by atoms with E-state index in [0.717, 1.165) is 12.8 Å². The summed E-state index contributed by atoms with van der Waals surface area (Å²) in [5.41, 5.74) is 4.71. The van der Waals surface area contributed by atoms with Gasteiger partial charge in [-0.15, -0.1) is 0 Å². The van der Waals surface area contributed by atoms with Crippen LogP contribution in [0.15, 0.2) is 72.8 Å². The monoisotopic (exact) mass is 547 g/mol. The zero-order valence-electron chi connectivity index (χ0n) is 22.2. The third kappa shape index (κ3) is 5.02. The fraction of sp³-hybridized carbons (Fsp3) is 0.344. The van der Waals surface area contributed by atoms with Gasteiger partial charge in [0.15, 0.2) is 0 Å². The number of aryl methyl sites for hydroxylation is 2. The number of pyridine rings is 1. The minimum atomic E-state index is -4.59. The molecule has 5 nitrogen and oxygen atoms in total. The number of piperazine rings is 1. The molecular weight excluding hydrogens is 515 g/mol. The van der Waals surface area contributed by atoms with Crippen molar-refractivity contribution in [2.24, 2.45) is 0 Å². The van der Waals surface area contributed by atoms with Gasteiger partial charge in [-0.25, -0.2) is 4.98 Å².